The van der Waals surface area contributed by atoms with Gasteiger partial charge in [0, 0.05) is 0 Å². The van der Waals surface area contributed by atoms with Gasteiger partial charge in [-0.2, -0.15) is 18.2 Å². The summed E-state index contributed by atoms with van der Waals surface area (Å²) in [5, 5.41) is 8.39. The fourth-order valence-corrected chi connectivity index (χ4v) is 1.45. The number of rotatable bonds is 2. The monoisotopic (exact) mass is 272 g/mol. The largest absolute Gasteiger partial charge is 0.411 e. The minimum absolute atomic E-state index is 0.0194. The van der Waals surface area contributed by atoms with Crippen molar-refractivity contribution in [2.75, 3.05) is 5.32 Å². The molecular weight excluding hydrogens is 268 g/mol. The highest BCUT2D eigenvalue weighted by molar-refractivity contribution is 6.32. The Labute approximate surface area is 98.2 Å². The Morgan fingerprint density at radius 1 is 1.19 bits per heavy atom. The minimum Gasteiger partial charge on any atom is -0.353 e. The lowest BCUT2D eigenvalue weighted by Gasteiger charge is -2.21. The summed E-state index contributed by atoms with van der Waals surface area (Å²) in [6, 6.07) is 0. The molecule has 0 saturated heterocycles. The summed E-state index contributed by atoms with van der Waals surface area (Å²) in [7, 11) is 0. The molecule has 0 spiro atoms. The Morgan fingerprint density at radius 2 is 1.81 bits per heavy atom. The molecular formula is C7H5Cl2F3N4. The van der Waals surface area contributed by atoms with E-state index < -0.39 is 11.7 Å². The number of nitrogens with zero attached hydrogens (tertiary/aromatic N) is 3. The average Bonchev–Trinajstić information content (AvgIpc) is 2.91. The molecule has 0 aliphatic heterocycles. The Hall–Kier alpha value is -0.820. The maximum absolute atomic E-state index is 12.6. The van der Waals surface area contributed by atoms with E-state index in [2.05, 4.69) is 20.5 Å². The molecule has 1 fully saturated rings. The van der Waals surface area contributed by atoms with Crippen molar-refractivity contribution >= 4 is 29.0 Å². The van der Waals surface area contributed by atoms with Gasteiger partial charge in [0.25, 0.3) is 0 Å². The van der Waals surface area contributed by atoms with E-state index >= 15 is 0 Å². The first-order chi connectivity index (χ1) is 7.34. The summed E-state index contributed by atoms with van der Waals surface area (Å²) in [4.78, 5) is 3.56. The molecule has 1 aliphatic rings. The molecule has 1 aromatic heterocycles. The summed E-state index contributed by atoms with van der Waals surface area (Å²) >= 11 is 11.0. The van der Waals surface area contributed by atoms with Crippen LogP contribution in [0.1, 0.15) is 12.8 Å². The zero-order valence-electron chi connectivity index (χ0n) is 7.65. The Bertz CT molecular complexity index is 419. The van der Waals surface area contributed by atoms with Crippen molar-refractivity contribution < 1.29 is 13.2 Å². The van der Waals surface area contributed by atoms with Crippen LogP contribution in [-0.2, 0) is 0 Å². The van der Waals surface area contributed by atoms with E-state index in [1.807, 2.05) is 0 Å². The number of alkyl halides is 3. The van der Waals surface area contributed by atoms with Gasteiger partial charge >= 0.3 is 6.18 Å². The van der Waals surface area contributed by atoms with Crippen LogP contribution in [0, 0.1) is 0 Å². The quantitative estimate of drug-likeness (QED) is 0.900. The van der Waals surface area contributed by atoms with Gasteiger partial charge in [0.2, 0.25) is 5.28 Å². The molecule has 1 saturated carbocycles. The standard InChI is InChI=1S/C7H5Cl2F3N4/c8-3-4(13-5(9)16-15-3)14-6(1-2-6)7(10,11)12/h1-2H2,(H,13,14,16). The highest BCUT2D eigenvalue weighted by atomic mass is 35.5. The molecule has 1 heterocycles. The highest BCUT2D eigenvalue weighted by Gasteiger charge is 2.64. The van der Waals surface area contributed by atoms with E-state index in [9.17, 15) is 13.2 Å². The first-order valence-corrected chi connectivity index (χ1v) is 5.00. The first-order valence-electron chi connectivity index (χ1n) is 4.25. The second-order valence-electron chi connectivity index (χ2n) is 3.43. The third-order valence-corrected chi connectivity index (χ3v) is 2.68. The van der Waals surface area contributed by atoms with Crippen molar-refractivity contribution in [3.63, 3.8) is 0 Å². The summed E-state index contributed by atoms with van der Waals surface area (Å²) in [5.41, 5.74) is -1.95. The summed E-state index contributed by atoms with van der Waals surface area (Å²) in [6.45, 7) is 0. The predicted octanol–water partition coefficient (Wildman–Crippen LogP) is 2.69. The molecule has 2 rings (SSSR count). The van der Waals surface area contributed by atoms with Crippen LogP contribution in [0.4, 0.5) is 19.0 Å². The van der Waals surface area contributed by atoms with E-state index in [0.29, 0.717) is 0 Å². The molecule has 0 radical (unpaired) electrons. The topological polar surface area (TPSA) is 50.7 Å². The maximum Gasteiger partial charge on any atom is 0.411 e. The normalized spacial score (nSPS) is 18.3. The van der Waals surface area contributed by atoms with Gasteiger partial charge in [0.1, 0.15) is 5.54 Å². The zero-order chi connectivity index (χ0) is 12.0. The summed E-state index contributed by atoms with van der Waals surface area (Å²) in [6.07, 6.45) is -4.39. The second kappa shape index (κ2) is 3.59. The van der Waals surface area contributed by atoms with Crippen LogP contribution >= 0.6 is 23.2 Å². The summed E-state index contributed by atoms with van der Waals surface area (Å²) in [5.74, 6) is -0.198. The van der Waals surface area contributed by atoms with E-state index in [4.69, 9.17) is 23.2 Å². The van der Waals surface area contributed by atoms with Gasteiger partial charge in [0.05, 0.1) is 0 Å². The van der Waals surface area contributed by atoms with Gasteiger partial charge in [-0.25, -0.2) is 0 Å². The number of nitrogens with one attached hydrogen (secondary N) is 1. The Balaban J connectivity index is 2.25. The van der Waals surface area contributed by atoms with Gasteiger partial charge in [-0.3, -0.25) is 0 Å². The molecule has 1 N–H and O–H groups in total. The van der Waals surface area contributed by atoms with Crippen molar-refractivity contribution in [3.05, 3.63) is 10.4 Å². The van der Waals surface area contributed by atoms with Crippen LogP contribution < -0.4 is 5.32 Å². The minimum atomic E-state index is -4.35. The lowest BCUT2D eigenvalue weighted by molar-refractivity contribution is -0.151. The number of hydrogen-bond acceptors (Lipinski definition) is 4. The van der Waals surface area contributed by atoms with E-state index in [1.165, 1.54) is 0 Å². The molecule has 16 heavy (non-hydrogen) atoms. The molecule has 0 aromatic carbocycles. The molecule has 0 unspecified atom stereocenters. The lowest BCUT2D eigenvalue weighted by atomic mass is 10.2. The lowest BCUT2D eigenvalue weighted by Crippen LogP contribution is -2.39. The van der Waals surface area contributed by atoms with Crippen LogP contribution in [0.5, 0.6) is 0 Å². The van der Waals surface area contributed by atoms with Crippen molar-refractivity contribution in [2.45, 2.75) is 24.6 Å². The third-order valence-electron chi connectivity index (χ3n) is 2.27. The predicted molar refractivity (Wildman–Crippen MR) is 51.5 cm³/mol. The summed E-state index contributed by atoms with van der Waals surface area (Å²) < 4.78 is 37.8. The molecule has 0 atom stereocenters. The van der Waals surface area contributed by atoms with E-state index in [1.54, 1.807) is 0 Å². The molecule has 0 amide bonds. The zero-order valence-corrected chi connectivity index (χ0v) is 9.16. The van der Waals surface area contributed by atoms with E-state index in [0.717, 1.165) is 0 Å². The van der Waals surface area contributed by atoms with Gasteiger partial charge < -0.3 is 5.32 Å². The fraction of sp³-hybridized carbons (Fsp3) is 0.571. The second-order valence-corrected chi connectivity index (χ2v) is 4.12. The fourth-order valence-electron chi connectivity index (χ4n) is 1.20. The van der Waals surface area contributed by atoms with Gasteiger partial charge in [0.15, 0.2) is 11.0 Å². The van der Waals surface area contributed by atoms with Gasteiger partial charge in [-0.15, -0.1) is 10.2 Å². The van der Waals surface area contributed by atoms with Crippen molar-refractivity contribution in [2.24, 2.45) is 0 Å². The highest BCUT2D eigenvalue weighted by Crippen LogP contribution is 2.51. The third kappa shape index (κ3) is 2.01. The van der Waals surface area contributed by atoms with Crippen LogP contribution in [-0.4, -0.2) is 26.9 Å². The maximum atomic E-state index is 12.6. The van der Waals surface area contributed by atoms with Crippen molar-refractivity contribution in [3.8, 4) is 0 Å². The molecule has 1 aromatic rings. The Kier molecular flexibility index (Phi) is 2.62. The average molecular weight is 273 g/mol. The molecule has 1 aliphatic carbocycles. The van der Waals surface area contributed by atoms with Crippen molar-refractivity contribution in [1.82, 2.24) is 15.2 Å². The number of aromatic nitrogens is 3. The molecule has 88 valence electrons. The SMILES string of the molecule is FC(F)(F)C1(Nc2nc(Cl)nnc2Cl)CC1. The van der Waals surface area contributed by atoms with Crippen molar-refractivity contribution in [1.29, 1.82) is 0 Å². The van der Waals surface area contributed by atoms with Crippen LogP contribution in [0.25, 0.3) is 0 Å². The molecule has 9 heteroatoms. The molecule has 4 nitrogen and oxygen atoms in total. The smallest absolute Gasteiger partial charge is 0.353 e. The van der Waals surface area contributed by atoms with Gasteiger partial charge in [-0.05, 0) is 24.4 Å². The van der Waals surface area contributed by atoms with Crippen LogP contribution in [0.15, 0.2) is 0 Å². The van der Waals surface area contributed by atoms with E-state index in [-0.39, 0.29) is 29.1 Å². The Morgan fingerprint density at radius 3 is 2.31 bits per heavy atom. The van der Waals surface area contributed by atoms with Crippen LogP contribution in [0.3, 0.4) is 0 Å². The molecule has 0 bridgehead atoms. The van der Waals surface area contributed by atoms with Gasteiger partial charge in [-0.1, -0.05) is 11.6 Å². The number of halogens is 5. The first kappa shape index (κ1) is 11.7. The number of anilines is 1. The number of hydrogen-bond donors (Lipinski definition) is 1. The van der Waals surface area contributed by atoms with Crippen LogP contribution in [0.2, 0.25) is 10.4 Å².